The van der Waals surface area contributed by atoms with Crippen molar-refractivity contribution in [1.82, 2.24) is 4.90 Å². The van der Waals surface area contributed by atoms with Crippen LogP contribution in [0.5, 0.6) is 0 Å². The highest BCUT2D eigenvalue weighted by molar-refractivity contribution is 5.77. The topological polar surface area (TPSA) is 40.5 Å². The van der Waals surface area contributed by atoms with Crippen molar-refractivity contribution in [3.63, 3.8) is 0 Å². The SMILES string of the molecule is C[C@H]1C[C@H]2N(C)C(=O)CC[C@]2(C)[C@H]2CC[C@]3(C)C[C@@H](O)C[C@H]3[C@H]12. The molecular formula is C20H33NO2. The first-order valence-electron chi connectivity index (χ1n) is 9.70. The van der Waals surface area contributed by atoms with Crippen LogP contribution < -0.4 is 0 Å². The Bertz CT molecular complexity index is 520. The van der Waals surface area contributed by atoms with Crippen molar-refractivity contribution >= 4 is 5.91 Å². The summed E-state index contributed by atoms with van der Waals surface area (Å²) in [6.07, 6.45) is 7.45. The number of hydrogen-bond acceptors (Lipinski definition) is 2. The summed E-state index contributed by atoms with van der Waals surface area (Å²) in [5.74, 6) is 3.17. The molecule has 1 aliphatic heterocycles. The highest BCUT2D eigenvalue weighted by Crippen LogP contribution is 2.65. The van der Waals surface area contributed by atoms with Crippen LogP contribution in [-0.2, 0) is 4.79 Å². The molecule has 0 unspecified atom stereocenters. The summed E-state index contributed by atoms with van der Waals surface area (Å²) >= 11 is 0. The Hall–Kier alpha value is -0.570. The average molecular weight is 319 g/mol. The highest BCUT2D eigenvalue weighted by Gasteiger charge is 2.61. The van der Waals surface area contributed by atoms with Crippen LogP contribution in [0.1, 0.15) is 65.7 Å². The van der Waals surface area contributed by atoms with Gasteiger partial charge in [-0.1, -0.05) is 20.8 Å². The summed E-state index contributed by atoms with van der Waals surface area (Å²) < 4.78 is 0. The van der Waals surface area contributed by atoms with E-state index >= 15 is 0 Å². The van der Waals surface area contributed by atoms with E-state index in [1.807, 2.05) is 7.05 Å². The molecule has 1 amide bonds. The standard InChI is InChI=1S/C20H33NO2/c1-12-9-16-20(3,8-6-17(23)21(16)4)14-5-7-19(2)11-13(22)10-15(19)18(12)14/h12-16,18,22H,5-11H2,1-4H3/t12-,13-,14-,15-,16+,18+,19+,20+/m0/s1. The zero-order valence-corrected chi connectivity index (χ0v) is 15.2. The number of carbonyl (C=O) groups excluding carboxylic acids is 1. The second-order valence-electron chi connectivity index (χ2n) is 9.82. The van der Waals surface area contributed by atoms with E-state index in [1.165, 1.54) is 12.8 Å². The van der Waals surface area contributed by atoms with Gasteiger partial charge in [-0.2, -0.15) is 0 Å². The summed E-state index contributed by atoms with van der Waals surface area (Å²) in [6, 6.07) is 0.427. The Labute approximate surface area is 140 Å². The van der Waals surface area contributed by atoms with Gasteiger partial charge in [-0.3, -0.25) is 4.79 Å². The molecule has 1 heterocycles. The van der Waals surface area contributed by atoms with E-state index in [9.17, 15) is 9.90 Å². The molecule has 23 heavy (non-hydrogen) atoms. The van der Waals surface area contributed by atoms with E-state index in [0.717, 1.165) is 43.9 Å². The van der Waals surface area contributed by atoms with Gasteiger partial charge in [0, 0.05) is 19.5 Å². The first-order chi connectivity index (χ1) is 10.8. The second kappa shape index (κ2) is 4.97. The zero-order chi connectivity index (χ0) is 16.6. The predicted molar refractivity (Wildman–Crippen MR) is 90.7 cm³/mol. The van der Waals surface area contributed by atoms with Crippen molar-refractivity contribution in [3.05, 3.63) is 0 Å². The predicted octanol–water partition coefficient (Wildman–Crippen LogP) is 3.46. The molecule has 4 fully saturated rings. The Morgan fingerprint density at radius 1 is 1.17 bits per heavy atom. The lowest BCUT2D eigenvalue weighted by molar-refractivity contribution is -0.164. The third-order valence-corrected chi connectivity index (χ3v) is 8.68. The summed E-state index contributed by atoms with van der Waals surface area (Å²) in [5, 5.41) is 10.3. The van der Waals surface area contributed by atoms with Gasteiger partial charge < -0.3 is 10.0 Å². The van der Waals surface area contributed by atoms with E-state index in [0.29, 0.717) is 29.2 Å². The van der Waals surface area contributed by atoms with Gasteiger partial charge in [0.25, 0.3) is 0 Å². The summed E-state index contributed by atoms with van der Waals surface area (Å²) in [5.41, 5.74) is 0.642. The van der Waals surface area contributed by atoms with Crippen molar-refractivity contribution in [2.75, 3.05) is 7.05 Å². The van der Waals surface area contributed by atoms with Gasteiger partial charge >= 0.3 is 0 Å². The lowest BCUT2D eigenvalue weighted by Crippen LogP contribution is -2.62. The van der Waals surface area contributed by atoms with Crippen LogP contribution in [0.3, 0.4) is 0 Å². The van der Waals surface area contributed by atoms with Gasteiger partial charge in [-0.15, -0.1) is 0 Å². The van der Waals surface area contributed by atoms with Gasteiger partial charge in [-0.05, 0) is 73.0 Å². The van der Waals surface area contributed by atoms with Crippen molar-refractivity contribution in [3.8, 4) is 0 Å². The number of aliphatic hydroxyl groups is 1. The van der Waals surface area contributed by atoms with Crippen molar-refractivity contribution < 1.29 is 9.90 Å². The van der Waals surface area contributed by atoms with E-state index < -0.39 is 0 Å². The number of fused-ring (bicyclic) bond motifs is 5. The molecule has 130 valence electrons. The maximum atomic E-state index is 12.2. The zero-order valence-electron chi connectivity index (χ0n) is 15.2. The molecule has 0 aromatic carbocycles. The van der Waals surface area contributed by atoms with E-state index in [-0.39, 0.29) is 11.5 Å². The first kappa shape index (κ1) is 15.9. The Balaban J connectivity index is 1.70. The number of piperidine rings is 1. The van der Waals surface area contributed by atoms with Crippen LogP contribution in [0.15, 0.2) is 0 Å². The number of amides is 1. The third-order valence-electron chi connectivity index (χ3n) is 8.68. The summed E-state index contributed by atoms with van der Waals surface area (Å²) in [6.45, 7) is 7.32. The molecule has 1 saturated heterocycles. The fourth-order valence-corrected chi connectivity index (χ4v) is 7.49. The van der Waals surface area contributed by atoms with Crippen LogP contribution in [0.25, 0.3) is 0 Å². The Morgan fingerprint density at radius 3 is 2.65 bits per heavy atom. The minimum absolute atomic E-state index is 0.0860. The maximum absolute atomic E-state index is 12.2. The van der Waals surface area contributed by atoms with Crippen LogP contribution in [0, 0.1) is 34.5 Å². The number of nitrogens with zero attached hydrogens (tertiary/aromatic N) is 1. The number of carbonyl (C=O) groups is 1. The molecule has 0 bridgehead atoms. The fraction of sp³-hybridized carbons (Fsp3) is 0.950. The Kier molecular flexibility index (Phi) is 3.44. The molecule has 1 N–H and O–H groups in total. The van der Waals surface area contributed by atoms with E-state index in [2.05, 4.69) is 25.7 Å². The Morgan fingerprint density at radius 2 is 1.91 bits per heavy atom. The number of hydrogen-bond donors (Lipinski definition) is 1. The van der Waals surface area contributed by atoms with E-state index in [4.69, 9.17) is 0 Å². The molecular weight excluding hydrogens is 286 g/mol. The molecule has 0 aromatic rings. The monoisotopic (exact) mass is 319 g/mol. The summed E-state index contributed by atoms with van der Waals surface area (Å²) in [7, 11) is 2.03. The average Bonchev–Trinajstić information content (AvgIpc) is 2.80. The molecule has 0 aromatic heterocycles. The summed E-state index contributed by atoms with van der Waals surface area (Å²) in [4.78, 5) is 14.3. The smallest absolute Gasteiger partial charge is 0.222 e. The molecule has 8 atom stereocenters. The van der Waals surface area contributed by atoms with Gasteiger partial charge in [0.1, 0.15) is 0 Å². The van der Waals surface area contributed by atoms with Gasteiger partial charge in [0.2, 0.25) is 5.91 Å². The molecule has 3 heteroatoms. The minimum atomic E-state index is -0.0860. The highest BCUT2D eigenvalue weighted by atomic mass is 16.3. The quantitative estimate of drug-likeness (QED) is 0.743. The number of likely N-dealkylation sites (tertiary alicyclic amines) is 1. The molecule has 4 rings (SSSR count). The third kappa shape index (κ3) is 2.08. The van der Waals surface area contributed by atoms with Crippen molar-refractivity contribution in [2.24, 2.45) is 34.5 Å². The minimum Gasteiger partial charge on any atom is -0.393 e. The van der Waals surface area contributed by atoms with Crippen molar-refractivity contribution in [1.29, 1.82) is 0 Å². The normalized spacial score (nSPS) is 56.0. The van der Waals surface area contributed by atoms with Crippen LogP contribution in [-0.4, -0.2) is 35.1 Å². The van der Waals surface area contributed by atoms with Crippen LogP contribution in [0.4, 0.5) is 0 Å². The molecule has 3 nitrogen and oxygen atoms in total. The van der Waals surface area contributed by atoms with Gasteiger partial charge in [0.15, 0.2) is 0 Å². The van der Waals surface area contributed by atoms with Crippen LogP contribution in [0.2, 0.25) is 0 Å². The molecule has 3 saturated carbocycles. The molecule has 4 aliphatic rings. The number of aliphatic hydroxyl groups excluding tert-OH is 1. The van der Waals surface area contributed by atoms with Crippen LogP contribution >= 0.6 is 0 Å². The largest absolute Gasteiger partial charge is 0.393 e. The number of rotatable bonds is 0. The maximum Gasteiger partial charge on any atom is 0.222 e. The van der Waals surface area contributed by atoms with E-state index in [1.54, 1.807) is 0 Å². The lowest BCUT2D eigenvalue weighted by atomic mass is 9.45. The van der Waals surface area contributed by atoms with Gasteiger partial charge in [0.05, 0.1) is 6.10 Å². The fourth-order valence-electron chi connectivity index (χ4n) is 7.49. The molecule has 0 spiro atoms. The molecule has 0 radical (unpaired) electrons. The van der Waals surface area contributed by atoms with Gasteiger partial charge in [-0.25, -0.2) is 0 Å². The second-order valence-corrected chi connectivity index (χ2v) is 9.82. The first-order valence-corrected chi connectivity index (χ1v) is 9.70. The lowest BCUT2D eigenvalue weighted by Gasteiger charge is -2.63. The van der Waals surface area contributed by atoms with Crippen molar-refractivity contribution in [2.45, 2.75) is 77.9 Å². The molecule has 3 aliphatic carbocycles.